The number of likely N-dealkylation sites (tertiary alicyclic amines) is 1. The number of Topliss-reactive ketones (excluding diaryl/α,β-unsaturated/α-hetero) is 1. The molecule has 6 atom stereocenters. The maximum atomic E-state index is 14.0. The van der Waals surface area contributed by atoms with Crippen LogP contribution in [0.2, 0.25) is 0 Å². The topological polar surface area (TPSA) is 151 Å². The van der Waals surface area contributed by atoms with Crippen LogP contribution in [0.3, 0.4) is 0 Å². The van der Waals surface area contributed by atoms with E-state index in [0.717, 1.165) is 19.3 Å². The van der Waals surface area contributed by atoms with Crippen LogP contribution in [-0.4, -0.2) is 72.4 Å². The van der Waals surface area contributed by atoms with Crippen molar-refractivity contribution < 1.29 is 24.0 Å². The molecule has 0 aromatic heterocycles. The quantitative estimate of drug-likeness (QED) is 0.158. The number of hydrogen-bond acceptors (Lipinski definition) is 5. The second kappa shape index (κ2) is 11.3. The number of hydrogen-bond donors (Lipinski definition) is 4. The molecule has 1 heterocycles. The van der Waals surface area contributed by atoms with E-state index in [4.69, 9.17) is 28.9 Å². The third-order valence-electron chi connectivity index (χ3n) is 7.86. The maximum absolute atomic E-state index is 14.0. The lowest BCUT2D eigenvalue weighted by molar-refractivity contribution is -0.143. The first-order valence-electron chi connectivity index (χ1n) is 13.0. The first kappa shape index (κ1) is 31.2. The Hall–Kier alpha value is -1.34. The van der Waals surface area contributed by atoms with E-state index < -0.39 is 66.9 Å². The molecule has 2 aliphatic carbocycles. The largest absolute Gasteiger partial charge is 0.363 e. The van der Waals surface area contributed by atoms with Gasteiger partial charge in [0.15, 0.2) is 0 Å². The lowest BCUT2D eigenvalue weighted by Crippen LogP contribution is -2.63. The second-order valence-corrected chi connectivity index (χ2v) is 15.9. The molecular formula is C25H38Cl2IN5O5. The van der Waals surface area contributed by atoms with E-state index in [9.17, 15) is 24.0 Å². The van der Waals surface area contributed by atoms with Crippen LogP contribution in [0, 0.1) is 17.8 Å². The number of rotatable bonds is 10. The summed E-state index contributed by atoms with van der Waals surface area (Å²) < 4.78 is -1.87. The van der Waals surface area contributed by atoms with Gasteiger partial charge in [-0.15, -0.1) is 23.2 Å². The SMILES string of the molecule is CCC(C)(I)[C@H](NC(=O)NC(C)(C)C)C(=O)N1C[C@H]2[C@@H]([C@H]1C(=O)NC(CC1CCC1)C(=O)C(N)=O)C2(Cl)Cl. The number of nitrogens with two attached hydrogens (primary N) is 1. The zero-order chi connectivity index (χ0) is 28.8. The molecule has 1 aliphatic heterocycles. The van der Waals surface area contributed by atoms with Gasteiger partial charge in [-0.3, -0.25) is 19.2 Å². The molecule has 214 valence electrons. The first-order valence-corrected chi connectivity index (χ1v) is 14.8. The Morgan fingerprint density at radius 1 is 1.11 bits per heavy atom. The van der Waals surface area contributed by atoms with Crippen molar-refractivity contribution in [3.8, 4) is 0 Å². The average molecular weight is 686 g/mol. The molecule has 0 aromatic rings. The molecule has 5 amide bonds. The minimum atomic E-state index is -1.19. The number of amides is 5. The molecule has 2 unspecified atom stereocenters. The summed E-state index contributed by atoms with van der Waals surface area (Å²) in [5, 5.41) is 8.29. The van der Waals surface area contributed by atoms with Crippen molar-refractivity contribution in [3.63, 3.8) is 0 Å². The smallest absolute Gasteiger partial charge is 0.315 e. The summed E-state index contributed by atoms with van der Waals surface area (Å²) >= 11 is 15.1. The second-order valence-electron chi connectivity index (χ2n) is 12.0. The number of fused-ring (bicyclic) bond motifs is 1. The van der Waals surface area contributed by atoms with Crippen LogP contribution in [0.15, 0.2) is 0 Å². The van der Waals surface area contributed by atoms with E-state index in [2.05, 4.69) is 38.5 Å². The van der Waals surface area contributed by atoms with E-state index in [1.807, 2.05) is 34.6 Å². The van der Waals surface area contributed by atoms with Crippen molar-refractivity contribution in [3.05, 3.63) is 0 Å². The maximum Gasteiger partial charge on any atom is 0.315 e. The third-order valence-corrected chi connectivity index (χ3v) is 10.3. The third kappa shape index (κ3) is 6.68. The number of piperidine rings is 1. The Kier molecular flexibility index (Phi) is 9.25. The number of halogens is 3. The van der Waals surface area contributed by atoms with Crippen molar-refractivity contribution in [2.24, 2.45) is 23.5 Å². The van der Waals surface area contributed by atoms with Crippen molar-refractivity contribution in [1.29, 1.82) is 0 Å². The van der Waals surface area contributed by atoms with Crippen LogP contribution >= 0.6 is 45.8 Å². The summed E-state index contributed by atoms with van der Waals surface area (Å²) in [5.41, 5.74) is 4.73. The lowest BCUT2D eigenvalue weighted by Gasteiger charge is -2.38. The Bertz CT molecular complexity index is 997. The fraction of sp³-hybridized carbons (Fsp3) is 0.800. The van der Waals surface area contributed by atoms with Gasteiger partial charge in [0.1, 0.15) is 16.4 Å². The number of carbonyl (C=O) groups excluding carboxylic acids is 5. The van der Waals surface area contributed by atoms with E-state index in [1.165, 1.54) is 4.90 Å². The minimum Gasteiger partial charge on any atom is -0.363 e. The van der Waals surface area contributed by atoms with Gasteiger partial charge in [-0.1, -0.05) is 48.8 Å². The lowest BCUT2D eigenvalue weighted by atomic mass is 9.80. The van der Waals surface area contributed by atoms with Gasteiger partial charge < -0.3 is 26.6 Å². The normalized spacial score (nSPS) is 27.2. The highest BCUT2D eigenvalue weighted by atomic mass is 127. The summed E-state index contributed by atoms with van der Waals surface area (Å²) in [5.74, 6) is -3.74. The van der Waals surface area contributed by atoms with Crippen LogP contribution in [0.25, 0.3) is 0 Å². The average Bonchev–Trinajstić information content (AvgIpc) is 3.10. The van der Waals surface area contributed by atoms with Gasteiger partial charge in [-0.25, -0.2) is 4.79 Å². The molecule has 10 nitrogen and oxygen atoms in total. The molecule has 5 N–H and O–H groups in total. The van der Waals surface area contributed by atoms with Crippen LogP contribution in [0.4, 0.5) is 4.79 Å². The van der Waals surface area contributed by atoms with Crippen LogP contribution < -0.4 is 21.7 Å². The van der Waals surface area contributed by atoms with Gasteiger partial charge in [-0.05, 0) is 46.5 Å². The molecule has 3 aliphatic rings. The Balaban J connectivity index is 1.86. The summed E-state index contributed by atoms with van der Waals surface area (Å²) in [6, 6.07) is -3.61. The summed E-state index contributed by atoms with van der Waals surface area (Å²) in [4.78, 5) is 66.0. The Morgan fingerprint density at radius 2 is 1.71 bits per heavy atom. The van der Waals surface area contributed by atoms with Crippen molar-refractivity contribution >= 4 is 75.3 Å². The zero-order valence-electron chi connectivity index (χ0n) is 22.4. The predicted octanol–water partition coefficient (Wildman–Crippen LogP) is 2.42. The highest BCUT2D eigenvalue weighted by molar-refractivity contribution is 14.1. The molecule has 0 bridgehead atoms. The Morgan fingerprint density at radius 3 is 2.18 bits per heavy atom. The summed E-state index contributed by atoms with van der Waals surface area (Å²) in [7, 11) is 0. The number of primary amides is 1. The Labute approximate surface area is 247 Å². The predicted molar refractivity (Wildman–Crippen MR) is 153 cm³/mol. The van der Waals surface area contributed by atoms with Gasteiger partial charge >= 0.3 is 6.03 Å². The number of urea groups is 1. The molecule has 3 rings (SSSR count). The standard InChI is InChI=1S/C25H38Cl2IN5O5/c1-6-24(5,28)18(31-22(38)32-23(2,3)4)21(37)33-11-13-15(25(13,26)27)16(33)20(36)30-14(17(34)19(29)35)10-12-8-7-9-12/h12-16,18H,6-11H2,1-5H3,(H2,29,35)(H,30,36)(H2,31,32,38)/t13-,14?,15-,16-,18+,24?/m0/s1. The van der Waals surface area contributed by atoms with Gasteiger partial charge in [0.25, 0.3) is 5.91 Å². The monoisotopic (exact) mass is 685 g/mol. The van der Waals surface area contributed by atoms with Gasteiger partial charge in [0.2, 0.25) is 17.6 Å². The minimum absolute atomic E-state index is 0.126. The molecule has 3 fully saturated rings. The van der Waals surface area contributed by atoms with E-state index in [0.29, 0.717) is 12.8 Å². The fourth-order valence-electron chi connectivity index (χ4n) is 5.20. The van der Waals surface area contributed by atoms with Gasteiger partial charge in [0, 0.05) is 27.3 Å². The molecule has 1 saturated heterocycles. The molecule has 0 spiro atoms. The fourth-order valence-corrected chi connectivity index (χ4v) is 6.45. The first-order chi connectivity index (χ1) is 17.4. The number of alkyl halides is 3. The van der Waals surface area contributed by atoms with E-state index in [1.54, 1.807) is 0 Å². The molecule has 38 heavy (non-hydrogen) atoms. The molecule has 13 heteroatoms. The van der Waals surface area contributed by atoms with Crippen LogP contribution in [-0.2, 0) is 19.2 Å². The molecular weight excluding hydrogens is 648 g/mol. The van der Waals surface area contributed by atoms with Gasteiger partial charge in [0.05, 0.1) is 6.04 Å². The van der Waals surface area contributed by atoms with E-state index >= 15 is 0 Å². The summed E-state index contributed by atoms with van der Waals surface area (Å²) in [6.45, 7) is 9.37. The highest BCUT2D eigenvalue weighted by Gasteiger charge is 2.74. The van der Waals surface area contributed by atoms with Gasteiger partial charge in [-0.2, -0.15) is 0 Å². The van der Waals surface area contributed by atoms with Crippen LogP contribution in [0.1, 0.15) is 66.7 Å². The molecule has 0 radical (unpaired) electrons. The zero-order valence-corrected chi connectivity index (χ0v) is 26.1. The highest BCUT2D eigenvalue weighted by Crippen LogP contribution is 2.65. The van der Waals surface area contributed by atoms with Crippen molar-refractivity contribution in [2.75, 3.05) is 6.54 Å². The number of carbonyl (C=O) groups is 5. The van der Waals surface area contributed by atoms with Crippen molar-refractivity contribution in [2.45, 2.75) is 98.1 Å². The number of ketones is 1. The molecule has 2 saturated carbocycles. The number of nitrogens with one attached hydrogen (secondary N) is 3. The molecule has 0 aromatic carbocycles. The van der Waals surface area contributed by atoms with Crippen LogP contribution in [0.5, 0.6) is 0 Å². The summed E-state index contributed by atoms with van der Waals surface area (Å²) in [6.07, 6.45) is 3.68. The number of nitrogens with zero attached hydrogens (tertiary/aromatic N) is 1. The van der Waals surface area contributed by atoms with Crippen molar-refractivity contribution in [1.82, 2.24) is 20.9 Å². The van der Waals surface area contributed by atoms with E-state index in [-0.39, 0.29) is 18.4 Å².